The summed E-state index contributed by atoms with van der Waals surface area (Å²) in [5.74, 6) is 0.0918. The van der Waals surface area contributed by atoms with Crippen molar-refractivity contribution >= 4 is 16.9 Å². The number of fused-ring (bicyclic) bond motifs is 3. The van der Waals surface area contributed by atoms with E-state index in [2.05, 4.69) is 26.1 Å². The molecule has 8 nitrogen and oxygen atoms in total. The molecule has 4 aromatic rings. The first kappa shape index (κ1) is 24.3. The highest BCUT2D eigenvalue weighted by Crippen LogP contribution is 2.44. The van der Waals surface area contributed by atoms with E-state index in [4.69, 9.17) is 5.10 Å². The summed E-state index contributed by atoms with van der Waals surface area (Å²) in [4.78, 5) is 23.7. The molecule has 0 radical (unpaired) electrons. The summed E-state index contributed by atoms with van der Waals surface area (Å²) in [6, 6.07) is 12.4. The maximum atomic E-state index is 13.2. The lowest BCUT2D eigenvalue weighted by Gasteiger charge is -2.30. The lowest BCUT2D eigenvalue weighted by Crippen LogP contribution is -2.48. The zero-order valence-electron chi connectivity index (χ0n) is 21.2. The van der Waals surface area contributed by atoms with Crippen LogP contribution in [0.3, 0.4) is 0 Å². The Morgan fingerprint density at radius 1 is 1.11 bits per heavy atom. The molecule has 196 valence electrons. The summed E-state index contributed by atoms with van der Waals surface area (Å²) in [6.45, 7) is 3.17. The number of rotatable bonds is 5. The van der Waals surface area contributed by atoms with Crippen molar-refractivity contribution in [1.82, 2.24) is 30.0 Å². The monoisotopic (exact) mass is 518 g/mol. The fraction of sp³-hybridized carbons (Fsp3) is 0.357. The largest absolute Gasteiger partial charge is 0.435 e. The van der Waals surface area contributed by atoms with Crippen LogP contribution in [0.5, 0.6) is 5.75 Å². The molecule has 2 amide bonds. The van der Waals surface area contributed by atoms with Gasteiger partial charge in [0.2, 0.25) is 0 Å². The third-order valence-corrected chi connectivity index (χ3v) is 7.76. The standard InChI is InChI=1S/C28H28F2N6O2/c1-27(2,20-5-9-31-10-6-20)33-26(37)35-11-7-28(17-35)8-12-36-24(28)15-23(34-36)19-13-18-14-21(38-25(29)30)3-4-22(18)32-16-19/h3-6,9-10,13-16,25H,7-8,11-12,17H2,1-2H3,(H,33,37). The van der Waals surface area contributed by atoms with Crippen LogP contribution < -0.4 is 10.1 Å². The van der Waals surface area contributed by atoms with E-state index < -0.39 is 12.2 Å². The van der Waals surface area contributed by atoms with Crippen LogP contribution in [-0.4, -0.2) is 50.4 Å². The highest BCUT2D eigenvalue weighted by Gasteiger charge is 2.47. The van der Waals surface area contributed by atoms with Crippen molar-refractivity contribution in [3.63, 3.8) is 0 Å². The molecule has 1 saturated heterocycles. The maximum absolute atomic E-state index is 13.2. The van der Waals surface area contributed by atoms with E-state index >= 15 is 0 Å². The van der Waals surface area contributed by atoms with Crippen LogP contribution in [0, 0.1) is 0 Å². The molecule has 1 fully saturated rings. The van der Waals surface area contributed by atoms with Gasteiger partial charge in [0.1, 0.15) is 5.75 Å². The Kier molecular flexibility index (Phi) is 5.77. The second kappa shape index (κ2) is 9.04. The van der Waals surface area contributed by atoms with Crippen LogP contribution in [0.15, 0.2) is 61.1 Å². The smallest absolute Gasteiger partial charge is 0.387 e. The van der Waals surface area contributed by atoms with Gasteiger partial charge in [0.05, 0.1) is 16.7 Å². The van der Waals surface area contributed by atoms with Gasteiger partial charge in [0, 0.05) is 60.3 Å². The number of pyridine rings is 2. The van der Waals surface area contributed by atoms with Gasteiger partial charge in [0.15, 0.2) is 0 Å². The highest BCUT2D eigenvalue weighted by atomic mass is 19.3. The number of nitrogens with one attached hydrogen (secondary N) is 1. The Hall–Kier alpha value is -4.08. The van der Waals surface area contributed by atoms with Crippen molar-refractivity contribution < 1.29 is 18.3 Å². The molecule has 1 atom stereocenters. The van der Waals surface area contributed by atoms with E-state index in [0.717, 1.165) is 41.9 Å². The summed E-state index contributed by atoms with van der Waals surface area (Å²) in [5, 5.41) is 8.71. The number of urea groups is 1. The zero-order valence-corrected chi connectivity index (χ0v) is 21.2. The van der Waals surface area contributed by atoms with Crippen LogP contribution >= 0.6 is 0 Å². The molecule has 38 heavy (non-hydrogen) atoms. The Morgan fingerprint density at radius 3 is 2.68 bits per heavy atom. The molecule has 1 spiro atoms. The number of hydrogen-bond acceptors (Lipinski definition) is 5. The Bertz CT molecular complexity index is 1510. The van der Waals surface area contributed by atoms with Crippen LogP contribution in [0.4, 0.5) is 13.6 Å². The van der Waals surface area contributed by atoms with Crippen molar-refractivity contribution in [2.75, 3.05) is 13.1 Å². The molecule has 2 aliphatic heterocycles. The summed E-state index contributed by atoms with van der Waals surface area (Å²) in [5.41, 5.74) is 3.70. The Balaban J connectivity index is 1.21. The number of ether oxygens (including phenoxy) is 1. The molecule has 3 aromatic heterocycles. The van der Waals surface area contributed by atoms with E-state index in [1.54, 1.807) is 30.7 Å². The van der Waals surface area contributed by atoms with Gasteiger partial charge in [-0.1, -0.05) is 0 Å². The number of alkyl halides is 2. The molecular formula is C28H28F2N6O2. The predicted octanol–water partition coefficient (Wildman–Crippen LogP) is 5.09. The highest BCUT2D eigenvalue weighted by molar-refractivity contribution is 5.84. The number of aryl methyl sites for hydroxylation is 1. The van der Waals surface area contributed by atoms with Crippen LogP contribution in [0.2, 0.25) is 0 Å². The van der Waals surface area contributed by atoms with Crippen molar-refractivity contribution in [2.24, 2.45) is 0 Å². The summed E-state index contributed by atoms with van der Waals surface area (Å²) in [6.07, 6.45) is 7.00. The van der Waals surface area contributed by atoms with Gasteiger partial charge in [0.25, 0.3) is 0 Å². The molecule has 10 heteroatoms. The van der Waals surface area contributed by atoms with Crippen molar-refractivity contribution in [3.05, 3.63) is 72.3 Å². The second-order valence-corrected chi connectivity index (χ2v) is 10.6. The summed E-state index contributed by atoms with van der Waals surface area (Å²) in [7, 11) is 0. The summed E-state index contributed by atoms with van der Waals surface area (Å²) < 4.78 is 31.9. The van der Waals surface area contributed by atoms with Crippen LogP contribution in [0.1, 0.15) is 37.9 Å². The lowest BCUT2D eigenvalue weighted by molar-refractivity contribution is -0.0497. The van der Waals surface area contributed by atoms with Crippen molar-refractivity contribution in [1.29, 1.82) is 0 Å². The number of halogens is 2. The fourth-order valence-electron chi connectivity index (χ4n) is 5.68. The number of carbonyl (C=O) groups excluding carboxylic acids is 1. The molecule has 0 aliphatic carbocycles. The molecule has 5 heterocycles. The van der Waals surface area contributed by atoms with Gasteiger partial charge in [-0.25, -0.2) is 4.79 Å². The predicted molar refractivity (Wildman–Crippen MR) is 138 cm³/mol. The first-order chi connectivity index (χ1) is 18.2. The molecule has 1 aromatic carbocycles. The minimum absolute atomic E-state index is 0.0811. The van der Waals surface area contributed by atoms with Crippen molar-refractivity contribution in [3.8, 4) is 17.0 Å². The number of hydrogen-bond donors (Lipinski definition) is 1. The first-order valence-corrected chi connectivity index (χ1v) is 12.6. The van der Waals surface area contributed by atoms with E-state index in [0.29, 0.717) is 24.0 Å². The van der Waals surface area contributed by atoms with E-state index in [1.165, 1.54) is 6.07 Å². The minimum atomic E-state index is -2.88. The summed E-state index contributed by atoms with van der Waals surface area (Å²) >= 11 is 0. The quantitative estimate of drug-likeness (QED) is 0.398. The maximum Gasteiger partial charge on any atom is 0.387 e. The molecule has 2 aliphatic rings. The fourth-order valence-corrected chi connectivity index (χ4v) is 5.68. The first-order valence-electron chi connectivity index (χ1n) is 12.6. The third-order valence-electron chi connectivity index (χ3n) is 7.76. The average molecular weight is 519 g/mol. The number of nitrogens with zero attached hydrogens (tertiary/aromatic N) is 5. The lowest BCUT2D eigenvalue weighted by atomic mass is 9.82. The van der Waals surface area contributed by atoms with E-state index in [1.807, 2.05) is 41.6 Å². The van der Waals surface area contributed by atoms with Crippen molar-refractivity contribution in [2.45, 2.75) is 50.8 Å². The SMILES string of the molecule is CC(C)(NC(=O)N1CCC2(CCn3nc(-c4cnc5ccc(OC(F)F)cc5c4)cc32)C1)c1ccncc1. The topological polar surface area (TPSA) is 85.2 Å². The third kappa shape index (κ3) is 4.33. The molecule has 1 N–H and O–H groups in total. The average Bonchev–Trinajstić information content (AvgIpc) is 3.60. The number of benzene rings is 1. The Labute approximate surface area is 218 Å². The number of carbonyl (C=O) groups is 1. The normalized spacial score (nSPS) is 18.9. The zero-order chi connectivity index (χ0) is 26.5. The van der Waals surface area contributed by atoms with E-state index in [9.17, 15) is 13.6 Å². The van der Waals surface area contributed by atoms with Gasteiger partial charge >= 0.3 is 12.6 Å². The minimum Gasteiger partial charge on any atom is -0.435 e. The van der Waals surface area contributed by atoms with Gasteiger partial charge in [-0.2, -0.15) is 13.9 Å². The second-order valence-electron chi connectivity index (χ2n) is 10.6. The number of aromatic nitrogens is 4. The van der Waals surface area contributed by atoms with Gasteiger partial charge in [-0.05, 0) is 74.7 Å². The van der Waals surface area contributed by atoms with Gasteiger partial charge in [-0.15, -0.1) is 0 Å². The van der Waals surface area contributed by atoms with Crippen LogP contribution in [-0.2, 0) is 17.5 Å². The molecule has 1 unspecified atom stereocenters. The number of likely N-dealkylation sites (tertiary alicyclic amines) is 1. The number of amides is 2. The van der Waals surface area contributed by atoms with Gasteiger partial charge in [-0.3, -0.25) is 14.6 Å². The molecular weight excluding hydrogens is 490 g/mol. The Morgan fingerprint density at radius 2 is 1.89 bits per heavy atom. The molecule has 0 bridgehead atoms. The van der Waals surface area contributed by atoms with Gasteiger partial charge < -0.3 is 15.0 Å². The molecule has 6 rings (SSSR count). The molecule has 0 saturated carbocycles. The van der Waals surface area contributed by atoms with Crippen LogP contribution in [0.25, 0.3) is 22.2 Å². The van der Waals surface area contributed by atoms with E-state index in [-0.39, 0.29) is 17.2 Å².